The summed E-state index contributed by atoms with van der Waals surface area (Å²) in [4.78, 5) is 38.2. The van der Waals surface area contributed by atoms with Crippen LogP contribution in [0, 0.1) is 11.3 Å². The van der Waals surface area contributed by atoms with Gasteiger partial charge in [0.15, 0.2) is 0 Å². The van der Waals surface area contributed by atoms with E-state index >= 15 is 0 Å². The molecule has 2 aromatic carbocycles. The molecule has 1 heterocycles. The van der Waals surface area contributed by atoms with Gasteiger partial charge in [-0.1, -0.05) is 42.5 Å². The van der Waals surface area contributed by atoms with E-state index in [1.807, 2.05) is 12.1 Å². The minimum Gasteiger partial charge on any atom is -0.323 e. The van der Waals surface area contributed by atoms with Gasteiger partial charge in [0.25, 0.3) is 5.91 Å². The van der Waals surface area contributed by atoms with Crippen LogP contribution in [0.15, 0.2) is 54.6 Å². The van der Waals surface area contributed by atoms with Gasteiger partial charge in [-0.25, -0.2) is 4.79 Å². The first kappa shape index (κ1) is 17.2. The zero-order chi connectivity index (χ0) is 18.7. The molecule has 26 heavy (non-hydrogen) atoms. The lowest BCUT2D eigenvalue weighted by Gasteiger charge is -2.22. The van der Waals surface area contributed by atoms with Crippen LogP contribution in [0.1, 0.15) is 18.1 Å². The first-order valence-electron chi connectivity index (χ1n) is 7.94. The molecule has 1 unspecified atom stereocenters. The Balaban J connectivity index is 1.76. The molecule has 1 aliphatic heterocycles. The molecule has 1 saturated heterocycles. The van der Waals surface area contributed by atoms with Crippen molar-refractivity contribution < 1.29 is 14.4 Å². The van der Waals surface area contributed by atoms with Gasteiger partial charge in [0.2, 0.25) is 5.91 Å². The van der Waals surface area contributed by atoms with E-state index in [2.05, 4.69) is 10.6 Å². The summed E-state index contributed by atoms with van der Waals surface area (Å²) in [6, 6.07) is 16.7. The average Bonchev–Trinajstić information content (AvgIpc) is 2.87. The van der Waals surface area contributed by atoms with Crippen LogP contribution in [0.3, 0.4) is 0 Å². The minimum atomic E-state index is -1.22. The van der Waals surface area contributed by atoms with Crippen LogP contribution < -0.4 is 10.6 Å². The number of hydrogen-bond donors (Lipinski definition) is 2. The molecule has 130 valence electrons. The van der Waals surface area contributed by atoms with Crippen molar-refractivity contribution in [3.8, 4) is 6.07 Å². The fourth-order valence-electron chi connectivity index (χ4n) is 2.83. The maximum absolute atomic E-state index is 12.8. The summed E-state index contributed by atoms with van der Waals surface area (Å²) in [7, 11) is 0. The maximum atomic E-state index is 12.8. The molecule has 1 fully saturated rings. The quantitative estimate of drug-likeness (QED) is 0.825. The van der Waals surface area contributed by atoms with Gasteiger partial charge in [-0.2, -0.15) is 5.26 Å². The Labute approximate surface area is 150 Å². The predicted molar refractivity (Wildman–Crippen MR) is 93.8 cm³/mol. The van der Waals surface area contributed by atoms with E-state index in [4.69, 9.17) is 5.26 Å². The van der Waals surface area contributed by atoms with Crippen molar-refractivity contribution in [1.82, 2.24) is 10.2 Å². The molecule has 3 rings (SSSR count). The number of imide groups is 1. The SMILES string of the molecule is CC1(c2ccccc2)NC(=O)N(CC(=O)Nc2ccccc2C#N)C1=O. The summed E-state index contributed by atoms with van der Waals surface area (Å²) in [5.41, 5.74) is 0.0459. The molecule has 4 amide bonds. The molecule has 0 spiro atoms. The molecule has 0 saturated carbocycles. The summed E-state index contributed by atoms with van der Waals surface area (Å²) >= 11 is 0. The average molecular weight is 348 g/mol. The van der Waals surface area contributed by atoms with Gasteiger partial charge < -0.3 is 10.6 Å². The monoisotopic (exact) mass is 348 g/mol. The third-order valence-electron chi connectivity index (χ3n) is 4.25. The molecular formula is C19H16N4O3. The van der Waals surface area contributed by atoms with Crippen LogP contribution in [-0.4, -0.2) is 29.3 Å². The Hall–Kier alpha value is -3.66. The maximum Gasteiger partial charge on any atom is 0.325 e. The van der Waals surface area contributed by atoms with E-state index < -0.39 is 29.9 Å². The van der Waals surface area contributed by atoms with Crippen molar-refractivity contribution in [3.05, 3.63) is 65.7 Å². The van der Waals surface area contributed by atoms with Crippen LogP contribution in [0.4, 0.5) is 10.5 Å². The number of carbonyl (C=O) groups is 3. The number of nitrogens with zero attached hydrogens (tertiary/aromatic N) is 2. The summed E-state index contributed by atoms with van der Waals surface area (Å²) in [6.07, 6.45) is 0. The van der Waals surface area contributed by atoms with Gasteiger partial charge in [0, 0.05) is 0 Å². The summed E-state index contributed by atoms with van der Waals surface area (Å²) in [5, 5.41) is 14.3. The summed E-state index contributed by atoms with van der Waals surface area (Å²) in [5.74, 6) is -1.06. The molecule has 0 bridgehead atoms. The predicted octanol–water partition coefficient (Wildman–Crippen LogP) is 1.96. The Morgan fingerprint density at radius 3 is 2.50 bits per heavy atom. The highest BCUT2D eigenvalue weighted by Gasteiger charge is 2.49. The fourth-order valence-corrected chi connectivity index (χ4v) is 2.83. The molecule has 0 aliphatic carbocycles. The molecular weight excluding hydrogens is 332 g/mol. The molecule has 7 heteroatoms. The molecule has 1 aliphatic rings. The van der Waals surface area contributed by atoms with Gasteiger partial charge in [0.05, 0.1) is 11.3 Å². The first-order chi connectivity index (χ1) is 12.5. The zero-order valence-electron chi connectivity index (χ0n) is 14.0. The van der Waals surface area contributed by atoms with E-state index in [0.717, 1.165) is 4.90 Å². The van der Waals surface area contributed by atoms with Gasteiger partial charge >= 0.3 is 6.03 Å². The number of nitriles is 1. The molecule has 1 atom stereocenters. The highest BCUT2D eigenvalue weighted by Crippen LogP contribution is 2.28. The number of benzene rings is 2. The zero-order valence-corrected chi connectivity index (χ0v) is 14.0. The highest BCUT2D eigenvalue weighted by molar-refractivity contribution is 6.10. The fraction of sp³-hybridized carbons (Fsp3) is 0.158. The Morgan fingerprint density at radius 2 is 1.81 bits per heavy atom. The van der Waals surface area contributed by atoms with Crippen molar-refractivity contribution >= 4 is 23.5 Å². The highest BCUT2D eigenvalue weighted by atomic mass is 16.2. The normalized spacial score (nSPS) is 19.0. The van der Waals surface area contributed by atoms with Gasteiger partial charge in [-0.05, 0) is 24.6 Å². The number of rotatable bonds is 4. The smallest absolute Gasteiger partial charge is 0.323 e. The number of nitrogens with one attached hydrogen (secondary N) is 2. The number of carbonyl (C=O) groups excluding carboxylic acids is 3. The number of amides is 4. The Morgan fingerprint density at radius 1 is 1.15 bits per heavy atom. The second-order valence-electron chi connectivity index (χ2n) is 6.02. The number of hydrogen-bond acceptors (Lipinski definition) is 4. The van der Waals surface area contributed by atoms with Gasteiger partial charge in [0.1, 0.15) is 18.2 Å². The lowest BCUT2D eigenvalue weighted by Crippen LogP contribution is -2.42. The van der Waals surface area contributed by atoms with E-state index in [1.54, 1.807) is 55.5 Å². The van der Waals surface area contributed by atoms with Crippen LogP contribution in [0.2, 0.25) is 0 Å². The summed E-state index contributed by atoms with van der Waals surface area (Å²) < 4.78 is 0. The van der Waals surface area contributed by atoms with Crippen LogP contribution in [0.25, 0.3) is 0 Å². The molecule has 0 aromatic heterocycles. The largest absolute Gasteiger partial charge is 0.325 e. The molecule has 2 aromatic rings. The van der Waals surface area contributed by atoms with E-state index in [9.17, 15) is 14.4 Å². The van der Waals surface area contributed by atoms with Gasteiger partial charge in [-0.3, -0.25) is 14.5 Å². The van der Waals surface area contributed by atoms with Crippen molar-refractivity contribution in [3.63, 3.8) is 0 Å². The lowest BCUT2D eigenvalue weighted by molar-refractivity contribution is -0.133. The van der Waals surface area contributed by atoms with Crippen molar-refractivity contribution in [2.45, 2.75) is 12.5 Å². The molecule has 0 radical (unpaired) electrons. The Kier molecular flexibility index (Phi) is 4.42. The van der Waals surface area contributed by atoms with Crippen molar-refractivity contribution in [1.29, 1.82) is 5.26 Å². The van der Waals surface area contributed by atoms with Crippen molar-refractivity contribution in [2.75, 3.05) is 11.9 Å². The van der Waals surface area contributed by atoms with Crippen LogP contribution >= 0.6 is 0 Å². The topological polar surface area (TPSA) is 102 Å². The van der Waals surface area contributed by atoms with E-state index in [0.29, 0.717) is 16.8 Å². The number of anilines is 1. The second kappa shape index (κ2) is 6.69. The first-order valence-corrected chi connectivity index (χ1v) is 7.94. The van der Waals surface area contributed by atoms with Crippen LogP contribution in [-0.2, 0) is 15.1 Å². The molecule has 2 N–H and O–H groups in total. The minimum absolute atomic E-state index is 0.298. The Bertz CT molecular complexity index is 920. The number of urea groups is 1. The lowest BCUT2D eigenvalue weighted by atomic mass is 9.92. The summed E-state index contributed by atoms with van der Waals surface area (Å²) in [6.45, 7) is 1.16. The van der Waals surface area contributed by atoms with E-state index in [1.165, 1.54) is 0 Å². The van der Waals surface area contributed by atoms with Crippen molar-refractivity contribution in [2.24, 2.45) is 0 Å². The second-order valence-corrected chi connectivity index (χ2v) is 6.02. The van der Waals surface area contributed by atoms with Gasteiger partial charge in [-0.15, -0.1) is 0 Å². The number of para-hydroxylation sites is 1. The molecule has 7 nitrogen and oxygen atoms in total. The van der Waals surface area contributed by atoms with E-state index in [-0.39, 0.29) is 0 Å². The van der Waals surface area contributed by atoms with Crippen LogP contribution in [0.5, 0.6) is 0 Å². The standard InChI is InChI=1S/C19H16N4O3/c1-19(14-8-3-2-4-9-14)17(25)23(18(26)22-19)12-16(24)21-15-10-6-5-7-13(15)11-20/h2-10H,12H2,1H3,(H,21,24)(H,22,26). The third-order valence-corrected chi connectivity index (χ3v) is 4.25. The third kappa shape index (κ3) is 3.00.